The standard InChI is InChI=1S/C7H10N4O/c12-7(10-5-1-2-5)11-6-8-3-4-9-6/h3-5H,1-2H2,(H3,8,9,10,11,12). The second-order valence-electron chi connectivity index (χ2n) is 2.81. The molecule has 2 rings (SSSR count). The van der Waals surface area contributed by atoms with Gasteiger partial charge in [0.05, 0.1) is 0 Å². The van der Waals surface area contributed by atoms with Crippen LogP contribution >= 0.6 is 0 Å². The lowest BCUT2D eigenvalue weighted by atomic mass is 10.7. The van der Waals surface area contributed by atoms with Crippen molar-refractivity contribution < 1.29 is 4.79 Å². The average molecular weight is 166 g/mol. The smallest absolute Gasteiger partial charge is 0.321 e. The topological polar surface area (TPSA) is 69.8 Å². The van der Waals surface area contributed by atoms with Gasteiger partial charge in [-0.15, -0.1) is 0 Å². The van der Waals surface area contributed by atoms with Crippen LogP contribution in [0.15, 0.2) is 12.4 Å². The van der Waals surface area contributed by atoms with Crippen molar-refractivity contribution >= 4 is 12.0 Å². The van der Waals surface area contributed by atoms with Crippen LogP contribution in [0, 0.1) is 0 Å². The van der Waals surface area contributed by atoms with E-state index in [0.29, 0.717) is 12.0 Å². The van der Waals surface area contributed by atoms with Crippen molar-refractivity contribution in [2.75, 3.05) is 5.32 Å². The van der Waals surface area contributed by atoms with Gasteiger partial charge in [-0.05, 0) is 12.8 Å². The van der Waals surface area contributed by atoms with Gasteiger partial charge in [0, 0.05) is 18.4 Å². The zero-order valence-corrected chi connectivity index (χ0v) is 6.50. The van der Waals surface area contributed by atoms with Gasteiger partial charge in [-0.2, -0.15) is 0 Å². The number of carbonyl (C=O) groups excluding carboxylic acids is 1. The molecule has 1 heterocycles. The van der Waals surface area contributed by atoms with Crippen LogP contribution < -0.4 is 10.6 Å². The summed E-state index contributed by atoms with van der Waals surface area (Å²) in [7, 11) is 0. The Morgan fingerprint density at radius 2 is 2.50 bits per heavy atom. The Morgan fingerprint density at radius 3 is 3.08 bits per heavy atom. The Hall–Kier alpha value is -1.52. The third kappa shape index (κ3) is 1.75. The number of carbonyl (C=O) groups is 1. The number of nitrogens with zero attached hydrogens (tertiary/aromatic N) is 1. The van der Waals surface area contributed by atoms with Gasteiger partial charge >= 0.3 is 6.03 Å². The highest BCUT2D eigenvalue weighted by Crippen LogP contribution is 2.18. The summed E-state index contributed by atoms with van der Waals surface area (Å²) in [5.41, 5.74) is 0. The molecule has 1 aromatic rings. The molecule has 0 aliphatic heterocycles. The molecule has 0 atom stereocenters. The van der Waals surface area contributed by atoms with Crippen molar-refractivity contribution in [3.63, 3.8) is 0 Å². The van der Waals surface area contributed by atoms with Crippen LogP contribution in [-0.4, -0.2) is 22.0 Å². The highest BCUT2D eigenvalue weighted by molar-refractivity contribution is 5.87. The van der Waals surface area contributed by atoms with Gasteiger partial charge in [0.2, 0.25) is 5.95 Å². The molecule has 0 unspecified atom stereocenters. The minimum absolute atomic E-state index is 0.188. The van der Waals surface area contributed by atoms with Crippen molar-refractivity contribution in [1.29, 1.82) is 0 Å². The second kappa shape index (κ2) is 2.84. The summed E-state index contributed by atoms with van der Waals surface area (Å²) in [5.74, 6) is 0.480. The number of anilines is 1. The lowest BCUT2D eigenvalue weighted by Crippen LogP contribution is -2.30. The summed E-state index contributed by atoms with van der Waals surface area (Å²) in [5, 5.41) is 5.36. The number of urea groups is 1. The molecule has 0 bridgehead atoms. The first kappa shape index (κ1) is 7.15. The third-order valence-corrected chi connectivity index (χ3v) is 1.64. The fourth-order valence-corrected chi connectivity index (χ4v) is 0.890. The van der Waals surface area contributed by atoms with E-state index in [9.17, 15) is 4.79 Å². The molecule has 1 fully saturated rings. The molecule has 1 saturated carbocycles. The normalized spacial score (nSPS) is 15.7. The summed E-state index contributed by atoms with van der Waals surface area (Å²) in [6.07, 6.45) is 5.43. The van der Waals surface area contributed by atoms with E-state index in [2.05, 4.69) is 20.6 Å². The molecule has 0 radical (unpaired) electrons. The fourth-order valence-electron chi connectivity index (χ4n) is 0.890. The molecule has 2 amide bonds. The predicted octanol–water partition coefficient (Wildman–Crippen LogP) is 0.694. The first-order chi connectivity index (χ1) is 5.84. The number of aromatic amines is 1. The van der Waals surface area contributed by atoms with E-state index in [1.165, 1.54) is 0 Å². The van der Waals surface area contributed by atoms with E-state index in [4.69, 9.17) is 0 Å². The molecule has 0 aromatic carbocycles. The zero-order valence-electron chi connectivity index (χ0n) is 6.50. The lowest BCUT2D eigenvalue weighted by Gasteiger charge is -2.02. The van der Waals surface area contributed by atoms with Gasteiger partial charge in [-0.25, -0.2) is 9.78 Å². The number of rotatable bonds is 2. The summed E-state index contributed by atoms with van der Waals surface area (Å²) in [6, 6.07) is 0.187. The minimum Gasteiger partial charge on any atom is -0.335 e. The maximum atomic E-state index is 11.1. The summed E-state index contributed by atoms with van der Waals surface area (Å²) >= 11 is 0. The molecule has 64 valence electrons. The summed E-state index contributed by atoms with van der Waals surface area (Å²) < 4.78 is 0. The highest BCUT2D eigenvalue weighted by atomic mass is 16.2. The van der Waals surface area contributed by atoms with E-state index in [-0.39, 0.29) is 6.03 Å². The molecule has 0 saturated heterocycles. The van der Waals surface area contributed by atoms with Crippen LogP contribution in [0.5, 0.6) is 0 Å². The van der Waals surface area contributed by atoms with Crippen molar-refractivity contribution in [1.82, 2.24) is 15.3 Å². The molecule has 0 spiro atoms. The van der Waals surface area contributed by atoms with Gasteiger partial charge in [0.1, 0.15) is 0 Å². The highest BCUT2D eigenvalue weighted by Gasteiger charge is 2.23. The second-order valence-corrected chi connectivity index (χ2v) is 2.81. The first-order valence-corrected chi connectivity index (χ1v) is 3.91. The largest absolute Gasteiger partial charge is 0.335 e. The van der Waals surface area contributed by atoms with Gasteiger partial charge in [-0.1, -0.05) is 0 Å². The van der Waals surface area contributed by atoms with Crippen LogP contribution in [0.25, 0.3) is 0 Å². The molecule has 12 heavy (non-hydrogen) atoms. The molecular formula is C7H10N4O. The van der Waals surface area contributed by atoms with Crippen molar-refractivity contribution in [2.45, 2.75) is 18.9 Å². The zero-order chi connectivity index (χ0) is 8.39. The van der Waals surface area contributed by atoms with Crippen molar-refractivity contribution in [2.24, 2.45) is 0 Å². The van der Waals surface area contributed by atoms with Crippen LogP contribution in [0.2, 0.25) is 0 Å². The monoisotopic (exact) mass is 166 g/mol. The Kier molecular flexibility index (Phi) is 1.69. The van der Waals surface area contributed by atoms with Gasteiger partial charge < -0.3 is 10.3 Å². The van der Waals surface area contributed by atoms with Crippen molar-refractivity contribution in [3.8, 4) is 0 Å². The SMILES string of the molecule is O=C(Nc1ncc[nH]1)NC1CC1. The maximum absolute atomic E-state index is 11.1. The third-order valence-electron chi connectivity index (χ3n) is 1.64. The van der Waals surface area contributed by atoms with Crippen molar-refractivity contribution in [3.05, 3.63) is 12.4 Å². The number of hydrogen-bond acceptors (Lipinski definition) is 2. The quantitative estimate of drug-likeness (QED) is 0.605. The van der Waals surface area contributed by atoms with Gasteiger partial charge in [-0.3, -0.25) is 5.32 Å². The lowest BCUT2D eigenvalue weighted by molar-refractivity contribution is 0.251. The van der Waals surface area contributed by atoms with E-state index in [1.54, 1.807) is 12.4 Å². The van der Waals surface area contributed by atoms with E-state index < -0.39 is 0 Å². The minimum atomic E-state index is -0.188. The predicted molar refractivity (Wildman–Crippen MR) is 43.8 cm³/mol. The van der Waals surface area contributed by atoms with Crippen LogP contribution in [0.4, 0.5) is 10.7 Å². The van der Waals surface area contributed by atoms with Crippen LogP contribution in [-0.2, 0) is 0 Å². The summed E-state index contributed by atoms with van der Waals surface area (Å²) in [4.78, 5) is 17.7. The van der Waals surface area contributed by atoms with E-state index in [0.717, 1.165) is 12.8 Å². The molecule has 3 N–H and O–H groups in total. The first-order valence-electron chi connectivity index (χ1n) is 3.91. The number of hydrogen-bond donors (Lipinski definition) is 3. The molecule has 1 aromatic heterocycles. The summed E-state index contributed by atoms with van der Waals surface area (Å²) in [6.45, 7) is 0. The Bertz CT molecular complexity index is 265. The Morgan fingerprint density at radius 1 is 1.67 bits per heavy atom. The number of H-pyrrole nitrogens is 1. The van der Waals surface area contributed by atoms with E-state index in [1.807, 2.05) is 0 Å². The fraction of sp³-hybridized carbons (Fsp3) is 0.429. The molecule has 1 aliphatic rings. The number of imidazole rings is 1. The van der Waals surface area contributed by atoms with Crippen LogP contribution in [0.1, 0.15) is 12.8 Å². The number of aromatic nitrogens is 2. The molecule has 1 aliphatic carbocycles. The van der Waals surface area contributed by atoms with Gasteiger partial charge in [0.25, 0.3) is 0 Å². The Balaban J connectivity index is 1.82. The average Bonchev–Trinajstić information content (AvgIpc) is 2.66. The molecule has 5 heteroatoms. The van der Waals surface area contributed by atoms with E-state index >= 15 is 0 Å². The number of amides is 2. The Labute approximate surface area is 69.6 Å². The molecular weight excluding hydrogens is 156 g/mol. The molecule has 5 nitrogen and oxygen atoms in total. The van der Waals surface area contributed by atoms with Gasteiger partial charge in [0.15, 0.2) is 0 Å². The maximum Gasteiger partial charge on any atom is 0.321 e. The number of nitrogens with one attached hydrogen (secondary N) is 3. The van der Waals surface area contributed by atoms with Crippen LogP contribution in [0.3, 0.4) is 0 Å².